The van der Waals surface area contributed by atoms with E-state index in [0.717, 1.165) is 38.9 Å². The summed E-state index contributed by atoms with van der Waals surface area (Å²) in [6, 6.07) is 0.524. The van der Waals surface area contributed by atoms with Crippen molar-refractivity contribution in [3.05, 3.63) is 18.0 Å². The number of hydrogen-bond donors (Lipinski definition) is 1. The van der Waals surface area contributed by atoms with Gasteiger partial charge in [0.25, 0.3) is 5.91 Å². The number of hydrogen-bond acceptors (Lipinski definition) is 6. The van der Waals surface area contributed by atoms with E-state index >= 15 is 0 Å². The Kier molecular flexibility index (Phi) is 7.08. The number of nitrogens with one attached hydrogen (secondary N) is 1. The minimum Gasteiger partial charge on any atom is -0.381 e. The van der Waals surface area contributed by atoms with Gasteiger partial charge in [-0.15, -0.1) is 0 Å². The van der Waals surface area contributed by atoms with Crippen LogP contribution in [0, 0.1) is 0 Å². The first-order valence-corrected chi connectivity index (χ1v) is 11.7. The van der Waals surface area contributed by atoms with Crippen molar-refractivity contribution in [2.45, 2.75) is 37.8 Å². The van der Waals surface area contributed by atoms with Crippen molar-refractivity contribution in [1.82, 2.24) is 24.3 Å². The van der Waals surface area contributed by atoms with Gasteiger partial charge in [-0.2, -0.15) is 5.10 Å². The molecule has 3 heterocycles. The van der Waals surface area contributed by atoms with Crippen LogP contribution in [-0.4, -0.2) is 91.0 Å². The van der Waals surface area contributed by atoms with E-state index in [2.05, 4.69) is 15.3 Å². The van der Waals surface area contributed by atoms with E-state index in [9.17, 15) is 13.2 Å². The van der Waals surface area contributed by atoms with Crippen molar-refractivity contribution >= 4 is 15.9 Å². The standard InChI is InChI=1S/C18H31N5O4S/c1-21-13-15(12-20-21)18(24)19-7-9-23(16-5-10-27-11-6-16)17-4-3-8-22(14-17)28(2,25)26/h12-13,16-17H,3-11,14H2,1-2H3,(H,19,24). The molecule has 0 bridgehead atoms. The van der Waals surface area contributed by atoms with Crippen LogP contribution >= 0.6 is 0 Å². The Morgan fingerprint density at radius 1 is 1.32 bits per heavy atom. The minimum atomic E-state index is -3.19. The summed E-state index contributed by atoms with van der Waals surface area (Å²) in [5.41, 5.74) is 0.543. The zero-order valence-electron chi connectivity index (χ0n) is 16.7. The van der Waals surface area contributed by atoms with Gasteiger partial charge in [0.15, 0.2) is 0 Å². The van der Waals surface area contributed by atoms with Crippen LogP contribution in [-0.2, 0) is 21.8 Å². The van der Waals surface area contributed by atoms with E-state index in [0.29, 0.717) is 37.8 Å². The zero-order chi connectivity index (χ0) is 20.1. The lowest BCUT2D eigenvalue weighted by Gasteiger charge is -2.43. The monoisotopic (exact) mass is 413 g/mol. The van der Waals surface area contributed by atoms with Crippen molar-refractivity contribution in [2.75, 3.05) is 45.6 Å². The van der Waals surface area contributed by atoms with E-state index < -0.39 is 10.0 Å². The van der Waals surface area contributed by atoms with Crippen LogP contribution in [0.25, 0.3) is 0 Å². The van der Waals surface area contributed by atoms with Crippen LogP contribution in [0.1, 0.15) is 36.0 Å². The molecule has 0 saturated carbocycles. The molecule has 0 radical (unpaired) electrons. The third-order valence-electron chi connectivity index (χ3n) is 5.58. The zero-order valence-corrected chi connectivity index (χ0v) is 17.5. The first kappa shape index (κ1) is 21.2. The predicted molar refractivity (Wildman–Crippen MR) is 106 cm³/mol. The number of carbonyl (C=O) groups excluding carboxylic acids is 1. The maximum Gasteiger partial charge on any atom is 0.254 e. The number of carbonyl (C=O) groups is 1. The summed E-state index contributed by atoms with van der Waals surface area (Å²) in [5.74, 6) is -0.138. The second-order valence-corrected chi connectivity index (χ2v) is 9.64. The maximum atomic E-state index is 12.3. The minimum absolute atomic E-state index is 0.138. The topological polar surface area (TPSA) is 96.8 Å². The number of sulfonamides is 1. The highest BCUT2D eigenvalue weighted by molar-refractivity contribution is 7.88. The van der Waals surface area contributed by atoms with Crippen LogP contribution in [0.4, 0.5) is 0 Å². The SMILES string of the molecule is Cn1cc(C(=O)NCCN(C2CCOCC2)C2CCCN(S(C)(=O)=O)C2)cn1. The molecule has 1 atom stereocenters. The summed E-state index contributed by atoms with van der Waals surface area (Å²) >= 11 is 0. The molecule has 2 saturated heterocycles. The van der Waals surface area contributed by atoms with Gasteiger partial charge in [0.1, 0.15) is 0 Å². The molecule has 28 heavy (non-hydrogen) atoms. The predicted octanol–water partition coefficient (Wildman–Crippen LogP) is 0.0549. The number of rotatable bonds is 7. The van der Waals surface area contributed by atoms with Crippen LogP contribution in [0.15, 0.2) is 12.4 Å². The van der Waals surface area contributed by atoms with Crippen molar-refractivity contribution in [3.63, 3.8) is 0 Å². The molecule has 158 valence electrons. The number of ether oxygens (including phenoxy) is 1. The summed E-state index contributed by atoms with van der Waals surface area (Å²) in [4.78, 5) is 14.7. The Balaban J connectivity index is 1.62. The van der Waals surface area contributed by atoms with E-state index in [1.54, 1.807) is 28.4 Å². The highest BCUT2D eigenvalue weighted by Gasteiger charge is 2.33. The third kappa shape index (κ3) is 5.53. The van der Waals surface area contributed by atoms with Gasteiger partial charge in [-0.1, -0.05) is 0 Å². The first-order valence-electron chi connectivity index (χ1n) is 9.90. The molecular formula is C18H31N5O4S. The number of aryl methyl sites for hydroxylation is 1. The summed E-state index contributed by atoms with van der Waals surface area (Å²) in [7, 11) is -1.41. The molecule has 10 heteroatoms. The van der Waals surface area contributed by atoms with Crippen molar-refractivity contribution < 1.29 is 17.9 Å². The van der Waals surface area contributed by atoms with Gasteiger partial charge in [-0.25, -0.2) is 12.7 Å². The van der Waals surface area contributed by atoms with Gasteiger partial charge >= 0.3 is 0 Å². The second kappa shape index (κ2) is 9.34. The van der Waals surface area contributed by atoms with Gasteiger partial charge < -0.3 is 10.1 Å². The molecular weight excluding hydrogens is 382 g/mol. The first-order chi connectivity index (χ1) is 13.3. The van der Waals surface area contributed by atoms with E-state index in [4.69, 9.17) is 4.74 Å². The molecule has 2 fully saturated rings. The molecule has 3 rings (SSSR count). The lowest BCUT2D eigenvalue weighted by Crippen LogP contribution is -2.55. The molecule has 1 unspecified atom stereocenters. The van der Waals surface area contributed by atoms with Crippen molar-refractivity contribution in [3.8, 4) is 0 Å². The van der Waals surface area contributed by atoms with Gasteiger partial charge in [-0.05, 0) is 25.7 Å². The maximum absolute atomic E-state index is 12.3. The van der Waals surface area contributed by atoms with Crippen LogP contribution in [0.3, 0.4) is 0 Å². The molecule has 1 aromatic heterocycles. The summed E-state index contributed by atoms with van der Waals surface area (Å²) in [5, 5.41) is 6.99. The largest absolute Gasteiger partial charge is 0.381 e. The fourth-order valence-electron chi connectivity index (χ4n) is 4.11. The Hall–Kier alpha value is -1.49. The Bertz CT molecular complexity index is 760. The fourth-order valence-corrected chi connectivity index (χ4v) is 5.02. The average Bonchev–Trinajstić information content (AvgIpc) is 3.12. The summed E-state index contributed by atoms with van der Waals surface area (Å²) in [6.07, 6.45) is 8.23. The quantitative estimate of drug-likeness (QED) is 0.679. The van der Waals surface area contributed by atoms with Crippen LogP contribution in [0.2, 0.25) is 0 Å². The van der Waals surface area contributed by atoms with Crippen molar-refractivity contribution in [1.29, 1.82) is 0 Å². The molecule has 0 spiro atoms. The molecule has 9 nitrogen and oxygen atoms in total. The summed E-state index contributed by atoms with van der Waals surface area (Å²) < 4.78 is 32.7. The van der Waals surface area contributed by atoms with Gasteiger partial charge in [-0.3, -0.25) is 14.4 Å². The third-order valence-corrected chi connectivity index (χ3v) is 6.85. The van der Waals surface area contributed by atoms with Crippen molar-refractivity contribution in [2.24, 2.45) is 7.05 Å². The molecule has 1 N–H and O–H groups in total. The van der Waals surface area contributed by atoms with Crippen LogP contribution in [0.5, 0.6) is 0 Å². The van der Waals surface area contributed by atoms with E-state index in [1.807, 2.05) is 0 Å². The smallest absolute Gasteiger partial charge is 0.254 e. The number of amides is 1. The Morgan fingerprint density at radius 3 is 2.71 bits per heavy atom. The van der Waals surface area contributed by atoms with Gasteiger partial charge in [0.2, 0.25) is 10.0 Å². The number of piperidine rings is 1. The molecule has 0 aromatic carbocycles. The number of nitrogens with zero attached hydrogens (tertiary/aromatic N) is 4. The Labute approximate surface area is 167 Å². The molecule has 1 amide bonds. The van der Waals surface area contributed by atoms with E-state index in [-0.39, 0.29) is 11.9 Å². The van der Waals surface area contributed by atoms with Gasteiger partial charge in [0.05, 0.1) is 18.0 Å². The molecule has 2 aliphatic heterocycles. The molecule has 2 aliphatic rings. The van der Waals surface area contributed by atoms with Gasteiger partial charge in [0, 0.05) is 64.7 Å². The summed E-state index contributed by atoms with van der Waals surface area (Å²) in [6.45, 7) is 3.78. The second-order valence-electron chi connectivity index (χ2n) is 7.66. The average molecular weight is 414 g/mol. The molecule has 0 aliphatic carbocycles. The number of aromatic nitrogens is 2. The molecule has 1 aromatic rings. The van der Waals surface area contributed by atoms with Crippen LogP contribution < -0.4 is 5.32 Å². The Morgan fingerprint density at radius 2 is 2.07 bits per heavy atom. The lowest BCUT2D eigenvalue weighted by molar-refractivity contribution is 0.00673. The normalized spacial score (nSPS) is 22.5. The lowest BCUT2D eigenvalue weighted by atomic mass is 9.99. The van der Waals surface area contributed by atoms with E-state index in [1.165, 1.54) is 6.26 Å². The fraction of sp³-hybridized carbons (Fsp3) is 0.778. The highest BCUT2D eigenvalue weighted by atomic mass is 32.2. The highest BCUT2D eigenvalue weighted by Crippen LogP contribution is 2.24.